The first-order valence-corrected chi connectivity index (χ1v) is 18.9. The SMILES string of the molecule is [2H]c1c([2H])c([2H])c2c(c1[2H])c1c([2H])c(-c3ccc4c(c3)c3ccc(-c5ccccc5)cc3n4-c3cccc(-c4ccccc4)c3)c([2H])c([2H])c1n2-c1ccc2oc3ccccc3c2c1. The van der Waals surface area contributed by atoms with Gasteiger partial charge in [-0.2, -0.15) is 0 Å². The minimum atomic E-state index is -0.435. The van der Waals surface area contributed by atoms with E-state index in [1.807, 2.05) is 91.0 Å². The Kier molecular flexibility index (Phi) is 5.56. The molecule has 0 spiro atoms. The van der Waals surface area contributed by atoms with Crippen LogP contribution in [0.3, 0.4) is 0 Å². The van der Waals surface area contributed by atoms with Crippen LogP contribution in [-0.2, 0) is 0 Å². The molecule has 12 rings (SSSR count). The van der Waals surface area contributed by atoms with Gasteiger partial charge in [-0.15, -0.1) is 0 Å². The maximum absolute atomic E-state index is 9.93. The average molecular weight is 734 g/mol. The summed E-state index contributed by atoms with van der Waals surface area (Å²) >= 11 is 0. The summed E-state index contributed by atoms with van der Waals surface area (Å²) in [5.74, 6) is 0. The van der Waals surface area contributed by atoms with E-state index in [9.17, 15) is 6.85 Å². The fraction of sp³-hybridized carbons (Fsp3) is 0. The molecule has 0 aliphatic rings. The summed E-state index contributed by atoms with van der Waals surface area (Å²) in [6.07, 6.45) is 0. The Morgan fingerprint density at radius 3 is 1.86 bits per heavy atom. The molecular weight excluding hydrogens is 693 g/mol. The molecule has 0 unspecified atom stereocenters. The van der Waals surface area contributed by atoms with Gasteiger partial charge in [0, 0.05) is 43.7 Å². The monoisotopic (exact) mass is 733 g/mol. The molecular formula is C54H34N2O. The zero-order valence-corrected chi connectivity index (χ0v) is 30.4. The summed E-state index contributed by atoms with van der Waals surface area (Å²) in [4.78, 5) is 0. The summed E-state index contributed by atoms with van der Waals surface area (Å²) in [5, 5.41) is 3.84. The zero-order chi connectivity index (χ0) is 43.5. The number of hydrogen-bond donors (Lipinski definition) is 0. The van der Waals surface area contributed by atoms with Crippen LogP contribution in [0.2, 0.25) is 0 Å². The first-order valence-electron chi connectivity index (χ1n) is 22.4. The quantitative estimate of drug-likeness (QED) is 0.173. The predicted molar refractivity (Wildman–Crippen MR) is 239 cm³/mol. The summed E-state index contributed by atoms with van der Waals surface area (Å²) < 4.78 is 75.1. The molecule has 3 heteroatoms. The van der Waals surface area contributed by atoms with E-state index in [4.69, 9.17) is 7.16 Å². The normalized spacial score (nSPS) is 13.6. The number of para-hydroxylation sites is 2. The lowest BCUT2D eigenvalue weighted by Crippen LogP contribution is -1.95. The summed E-state index contributed by atoms with van der Waals surface area (Å²) in [5.41, 5.74) is 10.1. The van der Waals surface area contributed by atoms with Crippen molar-refractivity contribution >= 4 is 65.6 Å². The number of hydrogen-bond acceptors (Lipinski definition) is 1. The Hall–Kier alpha value is -7.62. The van der Waals surface area contributed by atoms with Crippen LogP contribution in [0.4, 0.5) is 0 Å². The van der Waals surface area contributed by atoms with Crippen LogP contribution in [0.25, 0.3) is 110 Å². The fourth-order valence-electron chi connectivity index (χ4n) is 8.49. The molecule has 0 fully saturated rings. The fourth-order valence-corrected chi connectivity index (χ4v) is 8.49. The second-order valence-corrected chi connectivity index (χ2v) is 14.4. The van der Waals surface area contributed by atoms with Crippen molar-refractivity contribution in [2.24, 2.45) is 0 Å². The van der Waals surface area contributed by atoms with Crippen molar-refractivity contribution in [3.8, 4) is 44.8 Å². The largest absolute Gasteiger partial charge is 0.456 e. The van der Waals surface area contributed by atoms with E-state index in [-0.39, 0.29) is 57.6 Å². The van der Waals surface area contributed by atoms with Gasteiger partial charge < -0.3 is 13.6 Å². The molecule has 0 radical (unpaired) electrons. The van der Waals surface area contributed by atoms with Gasteiger partial charge >= 0.3 is 0 Å². The first-order chi connectivity index (χ1) is 31.2. The molecule has 0 saturated heterocycles. The van der Waals surface area contributed by atoms with Crippen molar-refractivity contribution in [2.45, 2.75) is 0 Å². The highest BCUT2D eigenvalue weighted by molar-refractivity contribution is 6.14. The van der Waals surface area contributed by atoms with Crippen molar-refractivity contribution < 1.29 is 14.0 Å². The molecule has 0 atom stereocenters. The number of aromatic nitrogens is 2. The highest BCUT2D eigenvalue weighted by atomic mass is 16.3. The molecule has 266 valence electrons. The lowest BCUT2D eigenvalue weighted by Gasteiger charge is -2.12. The van der Waals surface area contributed by atoms with Crippen LogP contribution in [0.5, 0.6) is 0 Å². The molecule has 0 bridgehead atoms. The van der Waals surface area contributed by atoms with Gasteiger partial charge in [0.15, 0.2) is 0 Å². The maximum Gasteiger partial charge on any atom is 0.135 e. The standard InChI is InChI=1S/C54H34N2O/c1-3-12-35(13-4-1)37-16-11-17-41(30-37)56-51-28-24-39(32-47(51)44-26-22-40(33-52(44)56)36-14-5-2-6-15-36)38-23-27-50-46(31-38)43-18-7-9-20-49(43)55(50)42-25-29-54-48(34-42)45-19-8-10-21-53(45)57-54/h1-34H/i7D,9D,18D,20D,23D,27D,31D. The molecule has 0 saturated carbocycles. The molecule has 3 aromatic heterocycles. The van der Waals surface area contributed by atoms with Gasteiger partial charge in [0.05, 0.1) is 31.7 Å². The van der Waals surface area contributed by atoms with E-state index in [1.54, 1.807) is 10.6 Å². The highest BCUT2D eigenvalue weighted by Crippen LogP contribution is 2.40. The van der Waals surface area contributed by atoms with E-state index in [1.165, 1.54) is 0 Å². The topological polar surface area (TPSA) is 23.0 Å². The Labute approximate surface area is 338 Å². The minimum Gasteiger partial charge on any atom is -0.456 e. The van der Waals surface area contributed by atoms with Gasteiger partial charge in [-0.05, 0) is 106 Å². The van der Waals surface area contributed by atoms with E-state index >= 15 is 0 Å². The average Bonchev–Trinajstić information content (AvgIpc) is 4.00. The Bertz CT molecular complexity index is 3930. The van der Waals surface area contributed by atoms with Gasteiger partial charge in [0.25, 0.3) is 0 Å². The van der Waals surface area contributed by atoms with E-state index in [2.05, 4.69) is 71.3 Å². The van der Waals surface area contributed by atoms with Gasteiger partial charge in [-0.1, -0.05) is 133 Å². The van der Waals surface area contributed by atoms with Crippen molar-refractivity contribution in [1.82, 2.24) is 9.13 Å². The predicted octanol–water partition coefficient (Wildman–Crippen LogP) is 14.8. The van der Waals surface area contributed by atoms with Crippen molar-refractivity contribution in [1.29, 1.82) is 0 Å². The van der Waals surface area contributed by atoms with Crippen molar-refractivity contribution in [2.75, 3.05) is 0 Å². The van der Waals surface area contributed by atoms with E-state index in [0.29, 0.717) is 22.4 Å². The molecule has 57 heavy (non-hydrogen) atoms. The number of rotatable bonds is 5. The Balaban J connectivity index is 1.13. The third-order valence-electron chi connectivity index (χ3n) is 11.1. The van der Waals surface area contributed by atoms with Crippen LogP contribution in [-0.4, -0.2) is 9.13 Å². The molecule has 0 aliphatic heterocycles. The van der Waals surface area contributed by atoms with Crippen LogP contribution in [0.1, 0.15) is 9.60 Å². The number of nitrogens with zero attached hydrogens (tertiary/aromatic N) is 2. The third kappa shape index (κ3) is 4.99. The third-order valence-corrected chi connectivity index (χ3v) is 11.1. The second-order valence-electron chi connectivity index (χ2n) is 14.4. The molecule has 0 N–H and O–H groups in total. The first kappa shape index (κ1) is 25.5. The highest BCUT2D eigenvalue weighted by Gasteiger charge is 2.18. The molecule has 9 aromatic carbocycles. The summed E-state index contributed by atoms with van der Waals surface area (Å²) in [7, 11) is 0. The van der Waals surface area contributed by atoms with Crippen LogP contribution >= 0.6 is 0 Å². The molecule has 0 amide bonds. The molecule has 0 aliphatic carbocycles. The number of benzene rings is 9. The number of fused-ring (bicyclic) bond motifs is 9. The molecule has 3 heterocycles. The van der Waals surface area contributed by atoms with Crippen molar-refractivity contribution in [3.63, 3.8) is 0 Å². The lowest BCUT2D eigenvalue weighted by atomic mass is 9.99. The Morgan fingerprint density at radius 2 is 1.00 bits per heavy atom. The number of furan rings is 1. The second kappa shape index (κ2) is 12.5. The summed E-state index contributed by atoms with van der Waals surface area (Å²) in [6.45, 7) is 0. The van der Waals surface area contributed by atoms with Gasteiger partial charge in [0.1, 0.15) is 11.2 Å². The molecule has 12 aromatic rings. The smallest absolute Gasteiger partial charge is 0.135 e. The van der Waals surface area contributed by atoms with Gasteiger partial charge in [-0.25, -0.2) is 0 Å². The van der Waals surface area contributed by atoms with E-state index in [0.717, 1.165) is 60.5 Å². The lowest BCUT2D eigenvalue weighted by molar-refractivity contribution is 0.669. The Morgan fingerprint density at radius 1 is 0.333 bits per heavy atom. The van der Waals surface area contributed by atoms with E-state index < -0.39 is 12.1 Å². The van der Waals surface area contributed by atoms with Gasteiger partial charge in [0.2, 0.25) is 0 Å². The molecule has 3 nitrogen and oxygen atoms in total. The van der Waals surface area contributed by atoms with Gasteiger partial charge in [-0.3, -0.25) is 0 Å². The van der Waals surface area contributed by atoms with Crippen LogP contribution < -0.4 is 0 Å². The zero-order valence-electron chi connectivity index (χ0n) is 37.4. The van der Waals surface area contributed by atoms with Crippen LogP contribution in [0, 0.1) is 0 Å². The maximum atomic E-state index is 9.93. The minimum absolute atomic E-state index is 0.0929. The van der Waals surface area contributed by atoms with Crippen molar-refractivity contribution in [3.05, 3.63) is 206 Å². The van der Waals surface area contributed by atoms with Crippen LogP contribution in [0.15, 0.2) is 211 Å². The summed E-state index contributed by atoms with van der Waals surface area (Å²) in [6, 6.07) is 52.5.